The molecule has 0 atom stereocenters. The normalized spacial score (nSPS) is 10.4. The number of carbonyl (C=O) groups excluding carboxylic acids is 1. The van der Waals surface area contributed by atoms with E-state index in [2.05, 4.69) is 32.7 Å². The Morgan fingerprint density at radius 2 is 2.04 bits per heavy atom. The summed E-state index contributed by atoms with van der Waals surface area (Å²) in [6.45, 7) is -0.0826. The average molecular weight is 436 g/mol. The van der Waals surface area contributed by atoms with E-state index in [9.17, 15) is 4.79 Å². The Balaban J connectivity index is 1.68. The molecule has 3 rings (SSSR count). The van der Waals surface area contributed by atoms with E-state index in [1.165, 1.54) is 0 Å². The van der Waals surface area contributed by atoms with E-state index in [1.807, 2.05) is 30.3 Å². The molecule has 0 radical (unpaired) electrons. The lowest BCUT2D eigenvalue weighted by Crippen LogP contribution is -2.07. The van der Waals surface area contributed by atoms with Gasteiger partial charge in [0.2, 0.25) is 5.82 Å². The summed E-state index contributed by atoms with van der Waals surface area (Å²) in [5, 5.41) is 3.90. The summed E-state index contributed by atoms with van der Waals surface area (Å²) in [5.41, 5.74) is 1.26. The molecule has 24 heavy (non-hydrogen) atoms. The van der Waals surface area contributed by atoms with E-state index in [4.69, 9.17) is 14.0 Å². The van der Waals surface area contributed by atoms with Crippen molar-refractivity contribution in [1.82, 2.24) is 10.1 Å². The lowest BCUT2D eigenvalue weighted by atomic mass is 10.2. The van der Waals surface area contributed by atoms with Gasteiger partial charge in [-0.1, -0.05) is 29.4 Å². The standard InChI is InChI=1S/C17H13IN2O4/c1-22-12-6-4-5-11(9-12)16-19-15(24-20-16)10-23-17(21)13-7-2-3-8-14(13)18/h2-9H,10H2,1H3. The van der Waals surface area contributed by atoms with Crippen molar-refractivity contribution in [3.8, 4) is 17.1 Å². The van der Waals surface area contributed by atoms with Crippen LogP contribution in [-0.4, -0.2) is 23.2 Å². The molecule has 7 heteroatoms. The van der Waals surface area contributed by atoms with Crippen LogP contribution >= 0.6 is 22.6 Å². The van der Waals surface area contributed by atoms with Crippen LogP contribution in [0.25, 0.3) is 11.4 Å². The van der Waals surface area contributed by atoms with E-state index in [1.54, 1.807) is 25.3 Å². The molecule has 0 N–H and O–H groups in total. The number of hydrogen-bond donors (Lipinski definition) is 0. The molecule has 0 unspecified atom stereocenters. The van der Waals surface area contributed by atoms with Crippen LogP contribution < -0.4 is 4.74 Å². The van der Waals surface area contributed by atoms with Crippen molar-refractivity contribution in [3.63, 3.8) is 0 Å². The Hall–Kier alpha value is -2.42. The second-order valence-corrected chi connectivity index (χ2v) is 5.96. The first-order chi connectivity index (χ1) is 11.7. The number of methoxy groups -OCH3 is 1. The third-order valence-corrected chi connectivity index (χ3v) is 4.16. The van der Waals surface area contributed by atoms with E-state index < -0.39 is 5.97 Å². The fourth-order valence-electron chi connectivity index (χ4n) is 2.02. The summed E-state index contributed by atoms with van der Waals surface area (Å²) < 4.78 is 16.3. The van der Waals surface area contributed by atoms with Crippen molar-refractivity contribution in [3.05, 3.63) is 63.6 Å². The first-order valence-electron chi connectivity index (χ1n) is 7.06. The first kappa shape index (κ1) is 16.4. The lowest BCUT2D eigenvalue weighted by Gasteiger charge is -2.03. The Morgan fingerprint density at radius 3 is 2.83 bits per heavy atom. The molecule has 3 aromatic rings. The largest absolute Gasteiger partial charge is 0.497 e. The zero-order valence-electron chi connectivity index (χ0n) is 12.7. The van der Waals surface area contributed by atoms with Crippen LogP contribution in [0, 0.1) is 3.57 Å². The smallest absolute Gasteiger partial charge is 0.339 e. The number of ether oxygens (including phenoxy) is 2. The number of nitrogens with zero attached hydrogens (tertiary/aromatic N) is 2. The molecule has 0 saturated carbocycles. The molecule has 1 heterocycles. The average Bonchev–Trinajstić information content (AvgIpc) is 3.09. The minimum atomic E-state index is -0.430. The highest BCUT2D eigenvalue weighted by Crippen LogP contribution is 2.21. The Bertz CT molecular complexity index is 863. The van der Waals surface area contributed by atoms with Gasteiger partial charge < -0.3 is 14.0 Å². The van der Waals surface area contributed by atoms with E-state index in [0.717, 1.165) is 9.13 Å². The van der Waals surface area contributed by atoms with E-state index in [0.29, 0.717) is 17.1 Å². The molecular weight excluding hydrogens is 423 g/mol. The number of aromatic nitrogens is 2. The number of carbonyl (C=O) groups is 1. The van der Waals surface area contributed by atoms with Gasteiger partial charge in [0.25, 0.3) is 5.89 Å². The molecule has 1 aromatic heterocycles. The molecule has 0 aliphatic carbocycles. The maximum Gasteiger partial charge on any atom is 0.339 e. The maximum atomic E-state index is 12.1. The Kier molecular flexibility index (Phi) is 5.09. The summed E-state index contributed by atoms with van der Waals surface area (Å²) in [4.78, 5) is 16.3. The molecule has 0 bridgehead atoms. The first-order valence-corrected chi connectivity index (χ1v) is 8.14. The lowest BCUT2D eigenvalue weighted by molar-refractivity contribution is 0.0428. The van der Waals surface area contributed by atoms with Crippen molar-refractivity contribution >= 4 is 28.6 Å². The van der Waals surface area contributed by atoms with Crippen molar-refractivity contribution in [1.29, 1.82) is 0 Å². The molecule has 0 aliphatic heterocycles. The number of hydrogen-bond acceptors (Lipinski definition) is 6. The minimum absolute atomic E-state index is 0.0826. The highest BCUT2D eigenvalue weighted by molar-refractivity contribution is 14.1. The summed E-state index contributed by atoms with van der Waals surface area (Å²) >= 11 is 2.08. The summed E-state index contributed by atoms with van der Waals surface area (Å²) in [6, 6.07) is 14.5. The van der Waals surface area contributed by atoms with Gasteiger partial charge in [0, 0.05) is 9.13 Å². The van der Waals surface area contributed by atoms with E-state index in [-0.39, 0.29) is 12.5 Å². The Labute approximate surface area is 151 Å². The second-order valence-electron chi connectivity index (χ2n) is 4.80. The SMILES string of the molecule is COc1cccc(-c2noc(COC(=O)c3ccccc3I)n2)c1. The van der Waals surface area contributed by atoms with Crippen LogP contribution in [0.3, 0.4) is 0 Å². The number of esters is 1. The molecular formula is C17H13IN2O4. The van der Waals surface area contributed by atoms with Crippen LogP contribution in [0.15, 0.2) is 53.1 Å². The van der Waals surface area contributed by atoms with Crippen LogP contribution in [0.1, 0.15) is 16.2 Å². The van der Waals surface area contributed by atoms with Crippen molar-refractivity contribution < 1.29 is 18.8 Å². The highest BCUT2D eigenvalue weighted by atomic mass is 127. The second kappa shape index (κ2) is 7.43. The monoisotopic (exact) mass is 436 g/mol. The molecule has 2 aromatic carbocycles. The number of rotatable bonds is 5. The van der Waals surface area contributed by atoms with Crippen LogP contribution in [0.4, 0.5) is 0 Å². The zero-order valence-corrected chi connectivity index (χ0v) is 14.9. The maximum absolute atomic E-state index is 12.1. The quantitative estimate of drug-likeness (QED) is 0.449. The van der Waals surface area contributed by atoms with Gasteiger partial charge in [-0.3, -0.25) is 0 Å². The van der Waals surface area contributed by atoms with Gasteiger partial charge in [-0.25, -0.2) is 4.79 Å². The van der Waals surface area contributed by atoms with Crippen LogP contribution in [0.2, 0.25) is 0 Å². The fourth-order valence-corrected chi connectivity index (χ4v) is 2.63. The third-order valence-electron chi connectivity index (χ3n) is 3.22. The molecule has 0 amide bonds. The number of halogens is 1. The minimum Gasteiger partial charge on any atom is -0.497 e. The van der Waals surface area contributed by atoms with Crippen molar-refractivity contribution in [2.45, 2.75) is 6.61 Å². The number of benzene rings is 2. The van der Waals surface area contributed by atoms with Gasteiger partial charge in [0.15, 0.2) is 6.61 Å². The zero-order chi connectivity index (χ0) is 16.9. The Morgan fingerprint density at radius 1 is 1.21 bits per heavy atom. The van der Waals surface area contributed by atoms with Crippen LogP contribution in [0.5, 0.6) is 5.75 Å². The molecule has 122 valence electrons. The van der Waals surface area contributed by atoms with Crippen molar-refractivity contribution in [2.75, 3.05) is 7.11 Å². The summed E-state index contributed by atoms with van der Waals surface area (Å²) in [6.07, 6.45) is 0. The fraction of sp³-hybridized carbons (Fsp3) is 0.118. The van der Waals surface area contributed by atoms with Gasteiger partial charge in [0.1, 0.15) is 5.75 Å². The van der Waals surface area contributed by atoms with Gasteiger partial charge in [-0.2, -0.15) is 4.98 Å². The molecule has 0 fully saturated rings. The van der Waals surface area contributed by atoms with Crippen LogP contribution in [-0.2, 0) is 11.3 Å². The molecule has 0 saturated heterocycles. The predicted molar refractivity (Wildman–Crippen MR) is 94.6 cm³/mol. The summed E-state index contributed by atoms with van der Waals surface area (Å²) in [7, 11) is 1.59. The van der Waals surface area contributed by atoms with Gasteiger partial charge >= 0.3 is 5.97 Å². The predicted octanol–water partition coefficient (Wildman–Crippen LogP) is 3.71. The molecule has 6 nitrogen and oxygen atoms in total. The van der Waals surface area contributed by atoms with Gasteiger partial charge in [-0.05, 0) is 46.9 Å². The summed E-state index contributed by atoms with van der Waals surface area (Å²) in [5.74, 6) is 0.909. The van der Waals surface area contributed by atoms with Gasteiger partial charge in [-0.15, -0.1) is 0 Å². The third kappa shape index (κ3) is 3.73. The van der Waals surface area contributed by atoms with Crippen molar-refractivity contribution in [2.24, 2.45) is 0 Å². The highest BCUT2D eigenvalue weighted by Gasteiger charge is 2.14. The van der Waals surface area contributed by atoms with E-state index >= 15 is 0 Å². The molecule has 0 aliphatic rings. The topological polar surface area (TPSA) is 74.5 Å². The van der Waals surface area contributed by atoms with Gasteiger partial charge in [0.05, 0.1) is 12.7 Å². The molecule has 0 spiro atoms.